The maximum atomic E-state index is 5.99. The second kappa shape index (κ2) is 3.55. The number of anilines is 1. The van der Waals surface area contributed by atoms with Gasteiger partial charge >= 0.3 is 0 Å². The lowest BCUT2D eigenvalue weighted by Crippen LogP contribution is -1.97. The third-order valence-electron chi connectivity index (χ3n) is 1.72. The molecular formula is C9H8ClN3S. The number of nitrogens with zero attached hydrogens (tertiary/aromatic N) is 2. The average molecular weight is 226 g/mol. The fraction of sp³-hybridized carbons (Fsp3) is 0.111. The molecule has 0 fully saturated rings. The number of hydrogen-bond acceptors (Lipinski definition) is 4. The smallest absolute Gasteiger partial charge is 0.220 e. The summed E-state index contributed by atoms with van der Waals surface area (Å²) >= 11 is 7.53. The SMILES string of the molecule is Cc1cc(-c2sccc2Cl)nc(N)n1. The zero-order chi connectivity index (χ0) is 10.1. The fourth-order valence-electron chi connectivity index (χ4n) is 1.18. The van der Waals surface area contributed by atoms with Crippen molar-refractivity contribution in [1.82, 2.24) is 9.97 Å². The molecule has 0 spiro atoms. The summed E-state index contributed by atoms with van der Waals surface area (Å²) < 4.78 is 0. The minimum Gasteiger partial charge on any atom is -0.368 e. The van der Waals surface area contributed by atoms with Crippen LogP contribution in [0.25, 0.3) is 10.6 Å². The highest BCUT2D eigenvalue weighted by molar-refractivity contribution is 7.14. The van der Waals surface area contributed by atoms with Gasteiger partial charge in [-0.05, 0) is 24.4 Å². The molecule has 3 nitrogen and oxygen atoms in total. The molecule has 0 atom stereocenters. The second-order valence-electron chi connectivity index (χ2n) is 2.85. The minimum atomic E-state index is 0.282. The number of nitrogens with two attached hydrogens (primary N) is 1. The van der Waals surface area contributed by atoms with Crippen molar-refractivity contribution in [3.8, 4) is 10.6 Å². The highest BCUT2D eigenvalue weighted by atomic mass is 35.5. The molecule has 0 aliphatic rings. The maximum Gasteiger partial charge on any atom is 0.220 e. The van der Waals surface area contributed by atoms with E-state index in [1.807, 2.05) is 24.4 Å². The van der Waals surface area contributed by atoms with Gasteiger partial charge in [0.25, 0.3) is 0 Å². The summed E-state index contributed by atoms with van der Waals surface area (Å²) in [6.45, 7) is 1.88. The van der Waals surface area contributed by atoms with Crippen LogP contribution in [-0.2, 0) is 0 Å². The molecule has 14 heavy (non-hydrogen) atoms. The van der Waals surface area contributed by atoms with Gasteiger partial charge in [0.15, 0.2) is 0 Å². The van der Waals surface area contributed by atoms with Crippen LogP contribution in [0.3, 0.4) is 0 Å². The van der Waals surface area contributed by atoms with Crippen LogP contribution in [0.5, 0.6) is 0 Å². The molecule has 72 valence electrons. The van der Waals surface area contributed by atoms with E-state index < -0.39 is 0 Å². The number of thiophene rings is 1. The van der Waals surface area contributed by atoms with Gasteiger partial charge in [-0.1, -0.05) is 11.6 Å². The van der Waals surface area contributed by atoms with E-state index in [-0.39, 0.29) is 5.95 Å². The maximum absolute atomic E-state index is 5.99. The Morgan fingerprint density at radius 3 is 2.79 bits per heavy atom. The molecule has 2 rings (SSSR count). The molecule has 0 unspecified atom stereocenters. The van der Waals surface area contributed by atoms with Gasteiger partial charge in [0.2, 0.25) is 5.95 Å². The lowest BCUT2D eigenvalue weighted by atomic mass is 10.3. The number of nitrogen functional groups attached to an aromatic ring is 1. The lowest BCUT2D eigenvalue weighted by molar-refractivity contribution is 1.13. The first-order valence-corrected chi connectivity index (χ1v) is 5.27. The van der Waals surface area contributed by atoms with Crippen molar-refractivity contribution in [3.05, 3.63) is 28.2 Å². The van der Waals surface area contributed by atoms with E-state index in [1.165, 1.54) is 0 Å². The van der Waals surface area contributed by atoms with E-state index in [1.54, 1.807) is 11.3 Å². The molecule has 0 bridgehead atoms. The first-order valence-electron chi connectivity index (χ1n) is 4.01. The number of aromatic nitrogens is 2. The van der Waals surface area contributed by atoms with Gasteiger partial charge in [-0.2, -0.15) is 0 Å². The highest BCUT2D eigenvalue weighted by Crippen LogP contribution is 2.32. The first-order chi connectivity index (χ1) is 6.66. The average Bonchev–Trinajstić information content (AvgIpc) is 2.49. The summed E-state index contributed by atoms with van der Waals surface area (Å²) in [4.78, 5) is 9.07. The van der Waals surface area contributed by atoms with Crippen LogP contribution >= 0.6 is 22.9 Å². The Bertz CT molecular complexity index is 447. The van der Waals surface area contributed by atoms with Crippen molar-refractivity contribution in [3.63, 3.8) is 0 Å². The highest BCUT2D eigenvalue weighted by Gasteiger charge is 2.07. The van der Waals surface area contributed by atoms with E-state index in [0.717, 1.165) is 16.3 Å². The van der Waals surface area contributed by atoms with Crippen molar-refractivity contribution in [2.24, 2.45) is 0 Å². The van der Waals surface area contributed by atoms with Crippen LogP contribution in [0.2, 0.25) is 5.02 Å². The lowest BCUT2D eigenvalue weighted by Gasteiger charge is -2.00. The molecule has 0 radical (unpaired) electrons. The Labute approximate surface area is 90.6 Å². The minimum absolute atomic E-state index is 0.282. The van der Waals surface area contributed by atoms with Gasteiger partial charge in [-0.15, -0.1) is 11.3 Å². The molecule has 5 heteroatoms. The van der Waals surface area contributed by atoms with Crippen LogP contribution in [0.15, 0.2) is 17.5 Å². The number of halogens is 1. The van der Waals surface area contributed by atoms with Gasteiger partial charge in [0.1, 0.15) is 0 Å². The first kappa shape index (κ1) is 9.43. The van der Waals surface area contributed by atoms with Gasteiger partial charge in [-0.3, -0.25) is 0 Å². The normalized spacial score (nSPS) is 10.4. The van der Waals surface area contributed by atoms with Gasteiger partial charge in [0, 0.05) is 5.69 Å². The largest absolute Gasteiger partial charge is 0.368 e. The van der Waals surface area contributed by atoms with Crippen LogP contribution in [0.1, 0.15) is 5.69 Å². The molecule has 0 amide bonds. The Balaban J connectivity index is 2.57. The quantitative estimate of drug-likeness (QED) is 0.812. The molecule has 0 aromatic carbocycles. The zero-order valence-corrected chi connectivity index (χ0v) is 9.06. The zero-order valence-electron chi connectivity index (χ0n) is 7.49. The summed E-state index contributed by atoms with van der Waals surface area (Å²) in [5.74, 6) is 0.282. The molecule has 0 saturated carbocycles. The van der Waals surface area contributed by atoms with Crippen molar-refractivity contribution < 1.29 is 0 Å². The molecular weight excluding hydrogens is 218 g/mol. The fourth-order valence-corrected chi connectivity index (χ4v) is 2.30. The third-order valence-corrected chi connectivity index (χ3v) is 3.09. The summed E-state index contributed by atoms with van der Waals surface area (Å²) in [5.41, 5.74) is 7.19. The van der Waals surface area contributed by atoms with Crippen molar-refractivity contribution in [2.45, 2.75) is 6.92 Å². The Morgan fingerprint density at radius 1 is 1.43 bits per heavy atom. The predicted molar refractivity (Wildman–Crippen MR) is 59.5 cm³/mol. The topological polar surface area (TPSA) is 51.8 Å². The summed E-state index contributed by atoms with van der Waals surface area (Å²) in [6.07, 6.45) is 0. The summed E-state index contributed by atoms with van der Waals surface area (Å²) in [5, 5.41) is 2.62. The number of rotatable bonds is 1. The summed E-state index contributed by atoms with van der Waals surface area (Å²) in [7, 11) is 0. The van der Waals surface area contributed by atoms with Crippen LogP contribution < -0.4 is 5.73 Å². The van der Waals surface area contributed by atoms with Gasteiger partial charge in [0.05, 0.1) is 15.6 Å². The van der Waals surface area contributed by atoms with E-state index in [9.17, 15) is 0 Å². The third kappa shape index (κ3) is 1.71. The Morgan fingerprint density at radius 2 is 2.21 bits per heavy atom. The second-order valence-corrected chi connectivity index (χ2v) is 4.17. The van der Waals surface area contributed by atoms with E-state index >= 15 is 0 Å². The summed E-state index contributed by atoms with van der Waals surface area (Å²) in [6, 6.07) is 3.71. The monoisotopic (exact) mass is 225 g/mol. The van der Waals surface area contributed by atoms with Crippen molar-refractivity contribution in [2.75, 3.05) is 5.73 Å². The number of hydrogen-bond donors (Lipinski definition) is 1. The molecule has 2 aromatic heterocycles. The Kier molecular flexibility index (Phi) is 2.39. The van der Waals surface area contributed by atoms with Crippen LogP contribution in [0.4, 0.5) is 5.95 Å². The van der Waals surface area contributed by atoms with E-state index in [2.05, 4.69) is 9.97 Å². The van der Waals surface area contributed by atoms with Gasteiger partial charge in [-0.25, -0.2) is 9.97 Å². The Hall–Kier alpha value is -1.13. The van der Waals surface area contributed by atoms with Crippen LogP contribution in [-0.4, -0.2) is 9.97 Å². The van der Waals surface area contributed by atoms with E-state index in [4.69, 9.17) is 17.3 Å². The van der Waals surface area contributed by atoms with Gasteiger partial charge < -0.3 is 5.73 Å². The molecule has 0 aliphatic carbocycles. The van der Waals surface area contributed by atoms with Crippen LogP contribution in [0, 0.1) is 6.92 Å². The van der Waals surface area contributed by atoms with E-state index in [0.29, 0.717) is 5.02 Å². The molecule has 2 heterocycles. The van der Waals surface area contributed by atoms with Crippen molar-refractivity contribution >= 4 is 28.9 Å². The molecule has 2 N–H and O–H groups in total. The predicted octanol–water partition coefficient (Wildman–Crippen LogP) is 2.75. The molecule has 0 aliphatic heterocycles. The van der Waals surface area contributed by atoms with Crippen molar-refractivity contribution in [1.29, 1.82) is 0 Å². The molecule has 2 aromatic rings. The molecule has 0 saturated heterocycles. The number of aryl methyl sites for hydroxylation is 1. The standard InChI is InChI=1S/C9H8ClN3S/c1-5-4-7(13-9(11)12-5)8-6(10)2-3-14-8/h2-4H,1H3,(H2,11,12,13).